The quantitative estimate of drug-likeness (QED) is 0.797. The molecule has 5 heteroatoms. The topological polar surface area (TPSA) is 43.6 Å². The van der Waals surface area contributed by atoms with Crippen LogP contribution in [-0.4, -0.2) is 19.5 Å². The Labute approximate surface area is 93.0 Å². The van der Waals surface area contributed by atoms with Gasteiger partial charge in [-0.25, -0.2) is 15.0 Å². The molecule has 0 aliphatic heterocycles. The molecule has 2 rings (SSSR count). The molecule has 2 aromatic heterocycles. The van der Waals surface area contributed by atoms with Gasteiger partial charge in [0.1, 0.15) is 12.2 Å². The summed E-state index contributed by atoms with van der Waals surface area (Å²) in [5.41, 5.74) is 0.813. The van der Waals surface area contributed by atoms with E-state index in [2.05, 4.69) is 26.4 Å². The molecule has 0 atom stereocenters. The highest BCUT2D eigenvalue weighted by atomic mass is 35.5. The second-order valence-corrected chi connectivity index (χ2v) is 3.53. The third-order valence-electron chi connectivity index (χ3n) is 2.21. The summed E-state index contributed by atoms with van der Waals surface area (Å²) in [4.78, 5) is 12.2. The Hall–Kier alpha value is -1.42. The number of halogens is 1. The lowest BCUT2D eigenvalue weighted by Gasteiger charge is -2.04. The van der Waals surface area contributed by atoms with Gasteiger partial charge in [0.2, 0.25) is 0 Å². The molecule has 0 aliphatic carbocycles. The monoisotopic (exact) mass is 222 g/mol. The molecule has 0 radical (unpaired) electrons. The minimum Gasteiger partial charge on any atom is -0.335 e. The van der Waals surface area contributed by atoms with Crippen molar-refractivity contribution in [3.63, 3.8) is 0 Å². The minimum absolute atomic E-state index is 0.586. The van der Waals surface area contributed by atoms with Crippen molar-refractivity contribution < 1.29 is 0 Å². The van der Waals surface area contributed by atoms with Crippen molar-refractivity contribution in [3.8, 4) is 0 Å². The second kappa shape index (κ2) is 4.40. The molecule has 0 aromatic carbocycles. The van der Waals surface area contributed by atoms with Crippen molar-refractivity contribution in [1.29, 1.82) is 0 Å². The number of aryl methyl sites for hydroxylation is 1. The Morgan fingerprint density at radius 3 is 3.00 bits per heavy atom. The second-order valence-electron chi connectivity index (χ2n) is 3.12. The number of imidazole rings is 1. The molecule has 2 heterocycles. The number of hydrogen-bond acceptors (Lipinski definition) is 3. The Bertz CT molecular complexity index is 452. The van der Waals surface area contributed by atoms with Crippen LogP contribution >= 0.6 is 11.6 Å². The van der Waals surface area contributed by atoms with Crippen molar-refractivity contribution in [2.24, 2.45) is 0 Å². The first-order valence-corrected chi connectivity index (χ1v) is 5.13. The van der Waals surface area contributed by atoms with Crippen LogP contribution in [0.1, 0.15) is 18.4 Å². The molecule has 0 saturated carbocycles. The standard InChI is InChI=1S/C10H11ClN4/c1-2-15-4-3-13-10(15)5-9-8(11)6-12-7-14-9/h3-4,6-7H,2,5H2,1H3. The van der Waals surface area contributed by atoms with Crippen LogP contribution in [0.4, 0.5) is 0 Å². The van der Waals surface area contributed by atoms with Crippen LogP contribution in [0.3, 0.4) is 0 Å². The SMILES string of the molecule is CCn1ccnc1Cc1ncncc1Cl. The first-order chi connectivity index (χ1) is 7.31. The molecule has 0 aliphatic rings. The highest BCUT2D eigenvalue weighted by Gasteiger charge is 2.07. The van der Waals surface area contributed by atoms with Crippen molar-refractivity contribution in [2.75, 3.05) is 0 Å². The summed E-state index contributed by atoms with van der Waals surface area (Å²) in [7, 11) is 0. The number of aromatic nitrogens is 4. The average Bonchev–Trinajstić information content (AvgIpc) is 2.69. The van der Waals surface area contributed by atoms with Crippen LogP contribution < -0.4 is 0 Å². The van der Waals surface area contributed by atoms with Gasteiger partial charge in [0.25, 0.3) is 0 Å². The van der Waals surface area contributed by atoms with Crippen LogP contribution in [0.2, 0.25) is 5.02 Å². The van der Waals surface area contributed by atoms with E-state index in [1.807, 2.05) is 6.20 Å². The van der Waals surface area contributed by atoms with Gasteiger partial charge in [0.15, 0.2) is 0 Å². The Balaban J connectivity index is 2.26. The molecule has 0 amide bonds. The molecular weight excluding hydrogens is 212 g/mol. The summed E-state index contributed by atoms with van der Waals surface area (Å²) in [6.45, 7) is 2.98. The summed E-state index contributed by atoms with van der Waals surface area (Å²) in [5, 5.41) is 0.586. The molecule has 0 N–H and O–H groups in total. The lowest BCUT2D eigenvalue weighted by atomic mass is 10.3. The predicted molar refractivity (Wildman–Crippen MR) is 57.7 cm³/mol. The Morgan fingerprint density at radius 2 is 2.27 bits per heavy atom. The zero-order valence-electron chi connectivity index (χ0n) is 8.39. The maximum absolute atomic E-state index is 5.97. The molecule has 0 spiro atoms. The first-order valence-electron chi connectivity index (χ1n) is 4.75. The summed E-state index contributed by atoms with van der Waals surface area (Å²) < 4.78 is 2.07. The highest BCUT2D eigenvalue weighted by molar-refractivity contribution is 6.31. The zero-order valence-corrected chi connectivity index (χ0v) is 9.15. The summed E-state index contributed by atoms with van der Waals surface area (Å²) in [6, 6.07) is 0. The Morgan fingerprint density at radius 1 is 1.40 bits per heavy atom. The summed E-state index contributed by atoms with van der Waals surface area (Å²) in [5.74, 6) is 0.970. The molecule has 0 unspecified atom stereocenters. The molecule has 0 bridgehead atoms. The van der Waals surface area contributed by atoms with Gasteiger partial charge in [0, 0.05) is 31.6 Å². The highest BCUT2D eigenvalue weighted by Crippen LogP contribution is 2.14. The van der Waals surface area contributed by atoms with Gasteiger partial charge in [0.05, 0.1) is 10.7 Å². The van der Waals surface area contributed by atoms with E-state index in [1.165, 1.54) is 6.33 Å². The van der Waals surface area contributed by atoms with E-state index in [4.69, 9.17) is 11.6 Å². The van der Waals surface area contributed by atoms with Crippen molar-refractivity contribution >= 4 is 11.6 Å². The van der Waals surface area contributed by atoms with Crippen LogP contribution in [0.25, 0.3) is 0 Å². The molecule has 2 aromatic rings. The van der Waals surface area contributed by atoms with Gasteiger partial charge >= 0.3 is 0 Å². The lowest BCUT2D eigenvalue weighted by Crippen LogP contribution is -2.03. The average molecular weight is 223 g/mol. The third-order valence-corrected chi connectivity index (χ3v) is 2.53. The maximum Gasteiger partial charge on any atom is 0.115 e. The number of rotatable bonds is 3. The lowest BCUT2D eigenvalue weighted by molar-refractivity contribution is 0.708. The zero-order chi connectivity index (χ0) is 10.7. The fourth-order valence-corrected chi connectivity index (χ4v) is 1.58. The van der Waals surface area contributed by atoms with E-state index < -0.39 is 0 Å². The van der Waals surface area contributed by atoms with Crippen LogP contribution in [0, 0.1) is 0 Å². The molecule has 4 nitrogen and oxygen atoms in total. The maximum atomic E-state index is 5.97. The number of hydrogen-bond donors (Lipinski definition) is 0. The molecular formula is C10H11ClN4. The van der Waals surface area contributed by atoms with E-state index in [9.17, 15) is 0 Å². The van der Waals surface area contributed by atoms with Gasteiger partial charge in [-0.2, -0.15) is 0 Å². The molecule has 15 heavy (non-hydrogen) atoms. The van der Waals surface area contributed by atoms with Gasteiger partial charge in [-0.15, -0.1) is 0 Å². The smallest absolute Gasteiger partial charge is 0.115 e. The summed E-state index contributed by atoms with van der Waals surface area (Å²) in [6.07, 6.45) is 7.48. The summed E-state index contributed by atoms with van der Waals surface area (Å²) >= 11 is 5.97. The van der Waals surface area contributed by atoms with E-state index in [-0.39, 0.29) is 0 Å². The normalized spacial score (nSPS) is 10.5. The van der Waals surface area contributed by atoms with E-state index in [0.717, 1.165) is 18.1 Å². The minimum atomic E-state index is 0.586. The third kappa shape index (κ3) is 2.15. The predicted octanol–water partition coefficient (Wildman–Crippen LogP) is 1.94. The fourth-order valence-electron chi connectivity index (χ4n) is 1.41. The largest absolute Gasteiger partial charge is 0.335 e. The van der Waals surface area contributed by atoms with Crippen molar-refractivity contribution in [3.05, 3.63) is 41.5 Å². The van der Waals surface area contributed by atoms with Gasteiger partial charge in [-0.05, 0) is 6.92 Å². The van der Waals surface area contributed by atoms with Gasteiger partial charge in [-0.3, -0.25) is 0 Å². The van der Waals surface area contributed by atoms with E-state index in [0.29, 0.717) is 11.4 Å². The fraction of sp³-hybridized carbons (Fsp3) is 0.300. The van der Waals surface area contributed by atoms with Gasteiger partial charge in [-0.1, -0.05) is 11.6 Å². The van der Waals surface area contributed by atoms with Crippen LogP contribution in [-0.2, 0) is 13.0 Å². The molecule has 0 fully saturated rings. The first kappa shape index (κ1) is 10.1. The van der Waals surface area contributed by atoms with E-state index >= 15 is 0 Å². The number of nitrogens with zero attached hydrogens (tertiary/aromatic N) is 4. The molecule has 0 saturated heterocycles. The molecule has 78 valence electrons. The van der Waals surface area contributed by atoms with Crippen molar-refractivity contribution in [2.45, 2.75) is 19.9 Å². The van der Waals surface area contributed by atoms with Crippen LogP contribution in [0.5, 0.6) is 0 Å². The van der Waals surface area contributed by atoms with Gasteiger partial charge < -0.3 is 4.57 Å². The van der Waals surface area contributed by atoms with Crippen LogP contribution in [0.15, 0.2) is 24.9 Å². The van der Waals surface area contributed by atoms with E-state index in [1.54, 1.807) is 12.4 Å². The Kier molecular flexibility index (Phi) is 2.97. The van der Waals surface area contributed by atoms with Crippen molar-refractivity contribution in [1.82, 2.24) is 19.5 Å².